The second-order valence-electron chi connectivity index (χ2n) is 5.36. The van der Waals surface area contributed by atoms with Crippen LogP contribution in [0.4, 0.5) is 13.2 Å². The van der Waals surface area contributed by atoms with E-state index in [1.165, 1.54) is 79.0 Å². The molecule has 5 nitrogen and oxygen atoms in total. The lowest BCUT2D eigenvalue weighted by molar-refractivity contribution is 0.112. The standard InChI is InChI=1S/C7H5ClFNO.C7H6FNO.C7H5FO/c8-7(10-11)5-1-3-6(9)4-2-5;8-7-3-1-6(2-4-7)5-9-10;8-7-3-1-6(5-9)2-4-7/h1-4,11H;1-5,10H;1-5H/b10-7-;9-5+;. The molecule has 0 aromatic heterocycles. The monoisotopic (exact) mass is 436 g/mol. The van der Waals surface area contributed by atoms with Gasteiger partial charge >= 0.3 is 0 Å². The third-order valence-corrected chi connectivity index (χ3v) is 3.55. The quantitative estimate of drug-likeness (QED) is 0.247. The lowest BCUT2D eigenvalue weighted by atomic mass is 10.2. The van der Waals surface area contributed by atoms with Gasteiger partial charge in [-0.3, -0.25) is 4.79 Å². The molecule has 3 aromatic carbocycles. The second-order valence-corrected chi connectivity index (χ2v) is 5.72. The molecule has 0 spiro atoms. The summed E-state index contributed by atoms with van der Waals surface area (Å²) in [4.78, 5) is 10.00. The number of halogens is 4. The van der Waals surface area contributed by atoms with Crippen LogP contribution >= 0.6 is 11.6 Å². The Hall–Kier alpha value is -3.65. The van der Waals surface area contributed by atoms with Gasteiger partial charge in [0.25, 0.3) is 0 Å². The van der Waals surface area contributed by atoms with Crippen molar-refractivity contribution in [3.63, 3.8) is 0 Å². The number of hydrogen-bond donors (Lipinski definition) is 2. The average Bonchev–Trinajstić information content (AvgIpc) is 2.77. The SMILES string of the molecule is O/N=C(\Cl)c1ccc(F)cc1.O/N=C/c1ccc(F)cc1.O=Cc1ccc(F)cc1. The van der Waals surface area contributed by atoms with Gasteiger partial charge in [0.1, 0.15) is 23.7 Å². The smallest absolute Gasteiger partial charge is 0.175 e. The maximum Gasteiger partial charge on any atom is 0.175 e. The van der Waals surface area contributed by atoms with Crippen LogP contribution in [-0.4, -0.2) is 28.1 Å². The highest BCUT2D eigenvalue weighted by Gasteiger charge is 1.98. The molecule has 0 aliphatic rings. The summed E-state index contributed by atoms with van der Waals surface area (Å²) in [6.45, 7) is 0. The van der Waals surface area contributed by atoms with E-state index in [4.69, 9.17) is 22.0 Å². The molecule has 2 N–H and O–H groups in total. The van der Waals surface area contributed by atoms with Crippen molar-refractivity contribution in [1.29, 1.82) is 0 Å². The summed E-state index contributed by atoms with van der Waals surface area (Å²) < 4.78 is 36.6. The van der Waals surface area contributed by atoms with E-state index < -0.39 is 0 Å². The van der Waals surface area contributed by atoms with Gasteiger partial charge in [-0.05, 0) is 66.2 Å². The molecule has 0 unspecified atom stereocenters. The molecule has 30 heavy (non-hydrogen) atoms. The summed E-state index contributed by atoms with van der Waals surface area (Å²) in [7, 11) is 0. The predicted molar refractivity (Wildman–Crippen MR) is 108 cm³/mol. The van der Waals surface area contributed by atoms with Crippen molar-refractivity contribution < 1.29 is 28.4 Å². The van der Waals surface area contributed by atoms with Crippen LogP contribution in [0.15, 0.2) is 83.1 Å². The fourth-order valence-electron chi connectivity index (χ4n) is 1.80. The van der Waals surface area contributed by atoms with Gasteiger partial charge in [0.2, 0.25) is 0 Å². The summed E-state index contributed by atoms with van der Waals surface area (Å²) in [5.74, 6) is -0.966. The minimum atomic E-state index is -0.351. The molecular formula is C21H16ClF3N2O3. The second kappa shape index (κ2) is 13.5. The van der Waals surface area contributed by atoms with Crippen LogP contribution in [0.25, 0.3) is 0 Å². The normalized spacial score (nSPS) is 10.5. The fourth-order valence-corrected chi connectivity index (χ4v) is 1.93. The Morgan fingerprint density at radius 2 is 1.13 bits per heavy atom. The molecule has 0 saturated heterocycles. The molecular weight excluding hydrogens is 421 g/mol. The Labute approximate surface area is 175 Å². The molecule has 0 fully saturated rings. The lowest BCUT2D eigenvalue weighted by Gasteiger charge is -1.93. The van der Waals surface area contributed by atoms with E-state index in [2.05, 4.69) is 10.3 Å². The molecule has 0 saturated carbocycles. The van der Waals surface area contributed by atoms with Crippen molar-refractivity contribution in [3.8, 4) is 0 Å². The van der Waals surface area contributed by atoms with Crippen molar-refractivity contribution in [3.05, 3.63) is 107 Å². The molecule has 156 valence electrons. The molecule has 0 amide bonds. The Kier molecular flexibility index (Phi) is 11.0. The maximum absolute atomic E-state index is 12.3. The third-order valence-electron chi connectivity index (χ3n) is 3.25. The number of carbonyl (C=O) groups is 1. The summed E-state index contributed by atoms with van der Waals surface area (Å²) >= 11 is 5.42. The zero-order valence-corrected chi connectivity index (χ0v) is 16.0. The first-order chi connectivity index (χ1) is 14.4. The van der Waals surface area contributed by atoms with Gasteiger partial charge in [0, 0.05) is 11.1 Å². The van der Waals surface area contributed by atoms with Crippen molar-refractivity contribution in [2.24, 2.45) is 10.3 Å². The van der Waals surface area contributed by atoms with Gasteiger partial charge in [-0.15, -0.1) is 0 Å². The summed E-state index contributed by atoms with van der Waals surface area (Å²) in [5.41, 5.74) is 1.65. The van der Waals surface area contributed by atoms with Crippen LogP contribution in [-0.2, 0) is 0 Å². The first-order valence-electron chi connectivity index (χ1n) is 8.16. The number of benzene rings is 3. The van der Waals surface area contributed by atoms with Crippen LogP contribution in [0.2, 0.25) is 0 Å². The Morgan fingerprint density at radius 3 is 1.50 bits per heavy atom. The van der Waals surface area contributed by atoms with E-state index in [0.29, 0.717) is 23.0 Å². The van der Waals surface area contributed by atoms with Gasteiger partial charge in [0.15, 0.2) is 5.17 Å². The third kappa shape index (κ3) is 9.52. The minimum Gasteiger partial charge on any atom is -0.411 e. The molecule has 9 heteroatoms. The van der Waals surface area contributed by atoms with Gasteiger partial charge in [0.05, 0.1) is 6.21 Å². The van der Waals surface area contributed by atoms with Crippen LogP contribution in [0, 0.1) is 17.5 Å². The zero-order valence-electron chi connectivity index (χ0n) is 15.3. The largest absolute Gasteiger partial charge is 0.411 e. The van der Waals surface area contributed by atoms with Crippen molar-refractivity contribution >= 4 is 29.3 Å². The van der Waals surface area contributed by atoms with E-state index in [0.717, 1.165) is 0 Å². The highest BCUT2D eigenvalue weighted by Crippen LogP contribution is 2.06. The number of aldehydes is 1. The maximum atomic E-state index is 12.3. The average molecular weight is 437 g/mol. The van der Waals surface area contributed by atoms with Crippen molar-refractivity contribution in [1.82, 2.24) is 0 Å². The number of hydrogen-bond acceptors (Lipinski definition) is 5. The Balaban J connectivity index is 0.000000226. The number of nitrogens with zero attached hydrogens (tertiary/aromatic N) is 2. The number of rotatable bonds is 3. The van der Waals surface area contributed by atoms with Crippen LogP contribution in [0.5, 0.6) is 0 Å². The van der Waals surface area contributed by atoms with Crippen LogP contribution < -0.4 is 0 Å². The fraction of sp³-hybridized carbons (Fsp3) is 0. The molecule has 0 aliphatic heterocycles. The molecule has 3 rings (SSSR count). The van der Waals surface area contributed by atoms with Gasteiger partial charge in [-0.1, -0.05) is 34.0 Å². The molecule has 0 heterocycles. The van der Waals surface area contributed by atoms with E-state index in [-0.39, 0.29) is 22.6 Å². The van der Waals surface area contributed by atoms with Gasteiger partial charge in [-0.2, -0.15) is 0 Å². The minimum absolute atomic E-state index is 0.0509. The molecule has 0 radical (unpaired) electrons. The highest BCUT2D eigenvalue weighted by atomic mass is 35.5. The van der Waals surface area contributed by atoms with Gasteiger partial charge < -0.3 is 10.4 Å². The first-order valence-corrected chi connectivity index (χ1v) is 8.54. The van der Waals surface area contributed by atoms with E-state index in [1.807, 2.05) is 0 Å². The topological polar surface area (TPSA) is 82.2 Å². The van der Waals surface area contributed by atoms with E-state index in [1.54, 1.807) is 0 Å². The summed E-state index contributed by atoms with van der Waals surface area (Å²) in [6, 6.07) is 16.4. The predicted octanol–water partition coefficient (Wildman–Crippen LogP) is 5.47. The van der Waals surface area contributed by atoms with Crippen LogP contribution in [0.3, 0.4) is 0 Å². The van der Waals surface area contributed by atoms with Crippen molar-refractivity contribution in [2.75, 3.05) is 0 Å². The van der Waals surface area contributed by atoms with E-state index in [9.17, 15) is 18.0 Å². The van der Waals surface area contributed by atoms with Crippen LogP contribution in [0.1, 0.15) is 21.5 Å². The number of carbonyl (C=O) groups excluding carboxylic acids is 1. The molecule has 3 aromatic rings. The molecule has 0 bridgehead atoms. The highest BCUT2D eigenvalue weighted by molar-refractivity contribution is 6.69. The van der Waals surface area contributed by atoms with Crippen molar-refractivity contribution in [2.45, 2.75) is 0 Å². The van der Waals surface area contributed by atoms with E-state index >= 15 is 0 Å². The molecule has 0 atom stereocenters. The lowest BCUT2D eigenvalue weighted by Crippen LogP contribution is -1.89. The Morgan fingerprint density at radius 1 is 0.733 bits per heavy atom. The van der Waals surface area contributed by atoms with Gasteiger partial charge in [-0.25, -0.2) is 13.2 Å². The number of oxime groups is 2. The molecule has 0 aliphatic carbocycles. The summed E-state index contributed by atoms with van der Waals surface area (Å²) in [6.07, 6.45) is 1.92. The summed E-state index contributed by atoms with van der Waals surface area (Å²) in [5, 5.41) is 21.8. The first kappa shape index (κ1) is 24.4. The zero-order chi connectivity index (χ0) is 22.4. The Bertz CT molecular complexity index is 962.